The molecule has 0 aromatic carbocycles. The van der Waals surface area contributed by atoms with Crippen LogP contribution in [-0.4, -0.2) is 305 Å². The summed E-state index contributed by atoms with van der Waals surface area (Å²) in [6, 6.07) is 0. The number of allylic oxidation sites excluding steroid dienone is 2. The maximum absolute atomic E-state index is 13.2. The van der Waals surface area contributed by atoms with Gasteiger partial charge in [-0.1, -0.05) is 39.3 Å². The van der Waals surface area contributed by atoms with Crippen molar-refractivity contribution in [3.05, 3.63) is 11.6 Å². The van der Waals surface area contributed by atoms with Gasteiger partial charge in [0.1, 0.15) is 122 Å². The summed E-state index contributed by atoms with van der Waals surface area (Å²) in [5.74, 6) is -0.967. The number of aliphatic hydroxyl groups excluding tert-OH is 14. The number of rotatable bonds is 21. The van der Waals surface area contributed by atoms with Crippen LogP contribution in [0, 0.1) is 40.4 Å². The fourth-order valence-corrected chi connectivity index (χ4v) is 17.6. The predicted octanol–water partition coefficient (Wildman–Crippen LogP) is -7.55. The number of hydrogen-bond donors (Lipinski definition) is 15. The standard InChI is InChI=1S/C61H100O32S.Na/c1-22(2)15-26(64)18-61(8,77)36-10-9-29-28-17-32(31-16-27(93-94(78,79)80)11-13-59(31,6)30(28)12-14-60(29,36)7)85-56-48(76)50(38(66)24(4)83-56)90-57-51(91-53-46(74)42(70)37(65)23(3)82-53)41(69)35(21-81-57)88-58-52(43(71)39(67)33(19-62)87-58)92-54-47(75)44(72)49(25(5)84-54)89-55-45(73)40(68)34(20-63)86-55;/h12,22-25,27-29,31-58,62-63,65-77H,9-11,13-21H2,1-8H3,(H,78,79,80);/q;+1/p-1/t23?,24?,25?,27?,28?,29?,31?,32?,33?,34-,35+,36?,37+,38+,39+,40?,41?,42?,43?,44?,45?,46?,47?,48?,49-,50?,51?,52?,53-,54-,55-,56?,57?,58-,59+,60-,61?;/m0./s1. The van der Waals surface area contributed by atoms with Crippen LogP contribution < -0.4 is 29.6 Å². The number of ketones is 1. The number of fused-ring (bicyclic) bond motifs is 5. The molecule has 15 N–H and O–H groups in total. The van der Waals surface area contributed by atoms with Gasteiger partial charge in [0.05, 0.1) is 55.9 Å². The van der Waals surface area contributed by atoms with Crippen LogP contribution in [0.5, 0.6) is 0 Å². The smallest absolute Gasteiger partial charge is 0.726 e. The minimum absolute atomic E-state index is 0. The van der Waals surface area contributed by atoms with E-state index >= 15 is 0 Å². The van der Waals surface area contributed by atoms with Gasteiger partial charge in [-0.05, 0) is 113 Å². The van der Waals surface area contributed by atoms with Crippen molar-refractivity contribution in [2.75, 3.05) is 19.8 Å². The van der Waals surface area contributed by atoms with Gasteiger partial charge in [-0.2, -0.15) is 0 Å². The van der Waals surface area contributed by atoms with E-state index in [0.29, 0.717) is 32.1 Å². The summed E-state index contributed by atoms with van der Waals surface area (Å²) in [5, 5.41) is 168. The van der Waals surface area contributed by atoms with Crippen LogP contribution in [0.1, 0.15) is 113 Å². The van der Waals surface area contributed by atoms with Gasteiger partial charge in [-0.25, -0.2) is 8.42 Å². The third-order valence-electron chi connectivity index (χ3n) is 22.1. The molecule has 6 saturated heterocycles. The van der Waals surface area contributed by atoms with E-state index in [1.807, 2.05) is 13.8 Å². The topological polar surface area (TPSA) is 498 Å². The molecule has 34 heteroatoms. The number of aliphatic hydroxyl groups is 15. The van der Waals surface area contributed by atoms with E-state index in [1.54, 1.807) is 6.92 Å². The molecule has 0 radical (unpaired) electrons. The Morgan fingerprint density at radius 1 is 0.600 bits per heavy atom. The average molecular weight is 1400 g/mol. The molecule has 25 unspecified atom stereocenters. The molecule has 10 rings (SSSR count). The normalized spacial score (nSPS) is 51.0. The van der Waals surface area contributed by atoms with Gasteiger partial charge in [-0.15, -0.1) is 0 Å². The number of Topliss-reactive ketones (excluding diaryl/α,β-unsaturated/α-hetero) is 1. The van der Waals surface area contributed by atoms with Crippen LogP contribution in [0.4, 0.5) is 0 Å². The second-order valence-electron chi connectivity index (χ2n) is 29.0. The zero-order chi connectivity index (χ0) is 68.7. The molecule has 10 aliphatic rings. The van der Waals surface area contributed by atoms with Gasteiger partial charge >= 0.3 is 29.6 Å². The molecule has 0 aromatic heterocycles. The Labute approximate surface area is 573 Å². The molecule has 37 atom stereocenters. The third kappa shape index (κ3) is 15.8. The molecule has 0 amide bonds. The predicted molar refractivity (Wildman–Crippen MR) is 310 cm³/mol. The van der Waals surface area contributed by atoms with Crippen LogP contribution in [-0.2, 0) is 76.2 Å². The van der Waals surface area contributed by atoms with E-state index in [-0.39, 0.29) is 84.7 Å². The summed E-state index contributed by atoms with van der Waals surface area (Å²) in [6.07, 6.45) is -45.1. The fraction of sp³-hybridized carbons (Fsp3) is 0.951. The minimum atomic E-state index is -5.16. The molecular formula is C61H99NaO32S. The molecule has 4 aliphatic carbocycles. The first-order valence-corrected chi connectivity index (χ1v) is 34.1. The molecule has 9 fully saturated rings. The summed E-state index contributed by atoms with van der Waals surface area (Å²) in [5.41, 5.74) is -1.38. The van der Waals surface area contributed by atoms with Crippen molar-refractivity contribution in [2.45, 2.75) is 303 Å². The fourth-order valence-electron chi connectivity index (χ4n) is 17.1. The Kier molecular flexibility index (Phi) is 25.5. The maximum Gasteiger partial charge on any atom is 1.00 e. The van der Waals surface area contributed by atoms with Crippen LogP contribution in [0.3, 0.4) is 0 Å². The summed E-state index contributed by atoms with van der Waals surface area (Å²) >= 11 is 0. The van der Waals surface area contributed by atoms with Crippen molar-refractivity contribution in [1.82, 2.24) is 0 Å². The first kappa shape index (κ1) is 78.3. The van der Waals surface area contributed by atoms with E-state index in [2.05, 4.69) is 19.9 Å². The van der Waals surface area contributed by atoms with Crippen molar-refractivity contribution in [1.29, 1.82) is 0 Å². The monoisotopic (exact) mass is 1400 g/mol. The first-order valence-electron chi connectivity index (χ1n) is 32.8. The van der Waals surface area contributed by atoms with Crippen molar-refractivity contribution in [3.8, 4) is 0 Å². The van der Waals surface area contributed by atoms with E-state index < -0.39 is 237 Å². The minimum Gasteiger partial charge on any atom is -0.726 e. The van der Waals surface area contributed by atoms with E-state index in [0.717, 1.165) is 5.57 Å². The van der Waals surface area contributed by atoms with Gasteiger partial charge in [0.2, 0.25) is 10.4 Å². The zero-order valence-electron chi connectivity index (χ0n) is 54.8. The molecule has 0 aromatic rings. The summed E-state index contributed by atoms with van der Waals surface area (Å²) in [6.45, 7) is 11.7. The molecule has 6 heterocycles. The number of carbonyl (C=O) groups excluding carboxylic acids is 1. The van der Waals surface area contributed by atoms with E-state index in [4.69, 9.17) is 61.0 Å². The van der Waals surface area contributed by atoms with Crippen molar-refractivity contribution in [3.63, 3.8) is 0 Å². The number of carbonyl (C=O) groups is 1. The van der Waals surface area contributed by atoms with Gasteiger partial charge in [0, 0.05) is 12.8 Å². The molecule has 0 bridgehead atoms. The quantitative estimate of drug-likeness (QED) is 0.0220. The molecule has 0 spiro atoms. The second kappa shape index (κ2) is 30.9. The Balaban J connectivity index is 0.0000106. The molecule has 95 heavy (non-hydrogen) atoms. The summed E-state index contributed by atoms with van der Waals surface area (Å²) in [7, 11) is -5.16. The largest absolute Gasteiger partial charge is 1.00 e. The zero-order valence-corrected chi connectivity index (χ0v) is 57.6. The van der Waals surface area contributed by atoms with E-state index in [9.17, 15) is 94.4 Å². The van der Waals surface area contributed by atoms with Crippen LogP contribution >= 0.6 is 0 Å². The Morgan fingerprint density at radius 3 is 1.74 bits per heavy atom. The van der Waals surface area contributed by atoms with Crippen molar-refractivity contribution in [2.24, 2.45) is 40.4 Å². The van der Waals surface area contributed by atoms with Crippen LogP contribution in [0.2, 0.25) is 0 Å². The Hall–Kier alpha value is -0.800. The van der Waals surface area contributed by atoms with Crippen LogP contribution in [0.25, 0.3) is 0 Å². The van der Waals surface area contributed by atoms with Crippen molar-refractivity contribution < 1.29 is 185 Å². The summed E-state index contributed by atoms with van der Waals surface area (Å²) in [4.78, 5) is 13.2. The van der Waals surface area contributed by atoms with Crippen LogP contribution in [0.15, 0.2) is 11.6 Å². The van der Waals surface area contributed by atoms with Gasteiger partial charge in [0.25, 0.3) is 0 Å². The Morgan fingerprint density at radius 2 is 1.12 bits per heavy atom. The molecule has 6 aliphatic heterocycles. The number of hydrogen-bond acceptors (Lipinski definition) is 32. The third-order valence-corrected chi connectivity index (χ3v) is 22.6. The molecule has 542 valence electrons. The SMILES string of the molecule is CC(C)CC(=O)CC(C)(O)C1CCC2C3CC(OC4OC(C)[C@@H](O)C(OC5OC[C@@H](O[C@@H]6OC(CO)[C@@H](O)C(O)C6O[C@@H]6OC(C)[C@H](O[C@@H]7O[C@@H](CO)C(O)C7O)C(O)C6O)C(O)C5O[C@@H]5OC(C)[C@@H](O)C(O)C5O)C4O)C4CC(OS(=O)(=O)[O-])CC[C@]4(C)C3=CC[C@@]21C.[Na+]. The van der Waals surface area contributed by atoms with Gasteiger partial charge < -0.3 is 138 Å². The van der Waals surface area contributed by atoms with Crippen molar-refractivity contribution >= 4 is 16.2 Å². The average Bonchev–Trinajstić information content (AvgIpc) is 1.70. The maximum atomic E-state index is 13.2. The van der Waals surface area contributed by atoms with Gasteiger partial charge in [0.15, 0.2) is 37.7 Å². The first-order chi connectivity index (χ1) is 44.0. The molecular weight excluding hydrogens is 1300 g/mol. The molecule has 32 nitrogen and oxygen atoms in total. The summed E-state index contributed by atoms with van der Waals surface area (Å²) < 4.78 is 114. The van der Waals surface area contributed by atoms with Gasteiger partial charge in [-0.3, -0.25) is 8.98 Å². The second-order valence-corrected chi connectivity index (χ2v) is 30.0. The van der Waals surface area contributed by atoms with E-state index in [1.165, 1.54) is 20.8 Å². The molecule has 3 saturated carbocycles. The number of ether oxygens (including phenoxy) is 12. The Bertz CT molecular complexity index is 2700.